The van der Waals surface area contributed by atoms with Gasteiger partial charge in [0, 0.05) is 13.1 Å². The monoisotopic (exact) mass is 286 g/mol. The van der Waals surface area contributed by atoms with Gasteiger partial charge in [-0.05, 0) is 37.0 Å². The molecule has 1 unspecified atom stereocenters. The lowest BCUT2D eigenvalue weighted by Crippen LogP contribution is -2.38. The molecule has 2 heterocycles. The lowest BCUT2D eigenvalue weighted by atomic mass is 9.96. The van der Waals surface area contributed by atoms with Crippen molar-refractivity contribution in [3.8, 4) is 0 Å². The summed E-state index contributed by atoms with van der Waals surface area (Å²) in [4.78, 5) is 0. The van der Waals surface area contributed by atoms with Gasteiger partial charge in [0.1, 0.15) is 18.8 Å². The molecule has 0 bridgehead atoms. The molecule has 1 aliphatic carbocycles. The van der Waals surface area contributed by atoms with Gasteiger partial charge in [0.15, 0.2) is 5.76 Å². The fourth-order valence-corrected chi connectivity index (χ4v) is 2.75. The Bertz CT molecular complexity index is 515. The highest BCUT2D eigenvalue weighted by Crippen LogP contribution is 2.23. The van der Waals surface area contributed by atoms with Crippen LogP contribution >= 0.6 is 0 Å². The van der Waals surface area contributed by atoms with Crippen molar-refractivity contribution < 1.29 is 9.47 Å². The molecule has 1 atom stereocenters. The molecule has 0 saturated heterocycles. The maximum atomic E-state index is 5.63. The molecule has 0 aromatic carbocycles. The number of rotatable bonds is 5. The first kappa shape index (κ1) is 14.2. The second-order valence-electron chi connectivity index (χ2n) is 5.40. The molecule has 0 fully saturated rings. The number of nitrogens with one attached hydrogen (secondary N) is 2. The van der Waals surface area contributed by atoms with Crippen LogP contribution in [0.1, 0.15) is 19.3 Å². The van der Waals surface area contributed by atoms with Crippen molar-refractivity contribution in [3.63, 3.8) is 0 Å². The van der Waals surface area contributed by atoms with Crippen LogP contribution in [0, 0.1) is 0 Å². The average Bonchev–Trinajstić information content (AvgIpc) is 2.58. The number of hydrogen-bond acceptors (Lipinski definition) is 4. The maximum absolute atomic E-state index is 5.63. The standard InChI is InChI=1S/C17H22N2O2/c1-2-6-15(7-3-1)17(16-13-20-9-10-21-16)19-12-14-5-4-8-18-11-14/h1-2,5-6,9-10,13,17-19H,3-4,7-8,11-12H2. The summed E-state index contributed by atoms with van der Waals surface area (Å²) in [6, 6.07) is 0.0720. The minimum atomic E-state index is 0.0720. The SMILES string of the molecule is C1=CCCC(C(NCC2=CCCNC2)C2=COC=CO2)=C1. The van der Waals surface area contributed by atoms with Gasteiger partial charge >= 0.3 is 0 Å². The van der Waals surface area contributed by atoms with Crippen molar-refractivity contribution >= 4 is 0 Å². The highest BCUT2D eigenvalue weighted by molar-refractivity contribution is 5.30. The van der Waals surface area contributed by atoms with Crippen LogP contribution < -0.4 is 10.6 Å². The van der Waals surface area contributed by atoms with Crippen LogP contribution in [0.4, 0.5) is 0 Å². The summed E-state index contributed by atoms with van der Waals surface area (Å²) in [7, 11) is 0. The fourth-order valence-electron chi connectivity index (χ4n) is 2.75. The molecular weight excluding hydrogens is 264 g/mol. The van der Waals surface area contributed by atoms with E-state index in [9.17, 15) is 0 Å². The van der Waals surface area contributed by atoms with Crippen LogP contribution in [-0.4, -0.2) is 25.7 Å². The highest BCUT2D eigenvalue weighted by Gasteiger charge is 2.22. The van der Waals surface area contributed by atoms with Crippen molar-refractivity contribution in [2.45, 2.75) is 25.3 Å². The molecule has 0 saturated carbocycles. The van der Waals surface area contributed by atoms with Crippen LogP contribution in [0.15, 0.2) is 60.0 Å². The third kappa shape index (κ3) is 3.86. The Morgan fingerprint density at radius 2 is 2.29 bits per heavy atom. The van der Waals surface area contributed by atoms with E-state index in [1.54, 1.807) is 18.8 Å². The molecule has 21 heavy (non-hydrogen) atoms. The Balaban J connectivity index is 1.69. The first-order valence-corrected chi connectivity index (χ1v) is 7.58. The molecule has 4 heteroatoms. The summed E-state index contributed by atoms with van der Waals surface area (Å²) < 4.78 is 10.9. The summed E-state index contributed by atoms with van der Waals surface area (Å²) in [6.07, 6.45) is 16.9. The summed E-state index contributed by atoms with van der Waals surface area (Å²) in [6.45, 7) is 2.91. The molecule has 0 aromatic rings. The van der Waals surface area contributed by atoms with Gasteiger partial charge < -0.3 is 14.8 Å². The molecule has 2 N–H and O–H groups in total. The van der Waals surface area contributed by atoms with Crippen molar-refractivity contribution in [2.24, 2.45) is 0 Å². The van der Waals surface area contributed by atoms with E-state index in [0.717, 1.165) is 44.7 Å². The van der Waals surface area contributed by atoms with Crippen molar-refractivity contribution in [1.82, 2.24) is 10.6 Å². The molecule has 3 rings (SSSR count). The predicted octanol–water partition coefficient (Wildman–Crippen LogP) is 2.50. The number of ether oxygens (including phenoxy) is 2. The van der Waals surface area contributed by atoms with Crippen LogP contribution in [0.3, 0.4) is 0 Å². The minimum Gasteiger partial charge on any atom is -0.466 e. The Labute approximate surface area is 125 Å². The van der Waals surface area contributed by atoms with Crippen LogP contribution in [0.2, 0.25) is 0 Å². The predicted molar refractivity (Wildman–Crippen MR) is 83.2 cm³/mol. The maximum Gasteiger partial charge on any atom is 0.159 e. The lowest BCUT2D eigenvalue weighted by molar-refractivity contribution is 0.234. The average molecular weight is 286 g/mol. The van der Waals surface area contributed by atoms with Crippen LogP contribution in [0.5, 0.6) is 0 Å². The molecule has 0 radical (unpaired) electrons. The second-order valence-corrected chi connectivity index (χ2v) is 5.40. The van der Waals surface area contributed by atoms with Gasteiger partial charge in [-0.1, -0.05) is 24.3 Å². The summed E-state index contributed by atoms with van der Waals surface area (Å²) in [5.74, 6) is 0.823. The van der Waals surface area contributed by atoms with Crippen molar-refractivity contribution in [2.75, 3.05) is 19.6 Å². The van der Waals surface area contributed by atoms with Gasteiger partial charge in [0.05, 0.1) is 6.04 Å². The zero-order valence-corrected chi connectivity index (χ0v) is 12.2. The largest absolute Gasteiger partial charge is 0.466 e. The van der Waals surface area contributed by atoms with E-state index in [1.807, 2.05) is 0 Å². The quantitative estimate of drug-likeness (QED) is 0.762. The Morgan fingerprint density at radius 1 is 1.29 bits per heavy atom. The van der Waals surface area contributed by atoms with Crippen LogP contribution in [-0.2, 0) is 9.47 Å². The van der Waals surface area contributed by atoms with Gasteiger partial charge in [-0.15, -0.1) is 0 Å². The Hall–Kier alpha value is -1.78. The topological polar surface area (TPSA) is 42.5 Å². The van der Waals surface area contributed by atoms with Crippen molar-refractivity contribution in [3.05, 3.63) is 60.0 Å². The van der Waals surface area contributed by atoms with Gasteiger partial charge in [0.25, 0.3) is 0 Å². The fraction of sp³-hybridized carbons (Fsp3) is 0.412. The van der Waals surface area contributed by atoms with E-state index in [0.29, 0.717) is 0 Å². The number of allylic oxidation sites excluding steroid dienone is 3. The normalized spacial score (nSPS) is 22.6. The highest BCUT2D eigenvalue weighted by atomic mass is 16.5. The molecule has 0 aromatic heterocycles. The molecule has 0 spiro atoms. The second kappa shape index (κ2) is 7.29. The van der Waals surface area contributed by atoms with Gasteiger partial charge in [-0.2, -0.15) is 0 Å². The molecule has 4 nitrogen and oxygen atoms in total. The zero-order valence-electron chi connectivity index (χ0n) is 12.2. The van der Waals surface area contributed by atoms with E-state index < -0.39 is 0 Å². The third-order valence-corrected chi connectivity index (χ3v) is 3.86. The van der Waals surface area contributed by atoms with Gasteiger partial charge in [-0.3, -0.25) is 5.32 Å². The third-order valence-electron chi connectivity index (χ3n) is 3.86. The smallest absolute Gasteiger partial charge is 0.159 e. The Morgan fingerprint density at radius 3 is 3.00 bits per heavy atom. The Kier molecular flexibility index (Phi) is 4.92. The summed E-state index contributed by atoms with van der Waals surface area (Å²) in [5.41, 5.74) is 2.75. The van der Waals surface area contributed by atoms with Crippen molar-refractivity contribution in [1.29, 1.82) is 0 Å². The summed E-state index contributed by atoms with van der Waals surface area (Å²) >= 11 is 0. The van der Waals surface area contributed by atoms with E-state index in [2.05, 4.69) is 34.9 Å². The van der Waals surface area contributed by atoms with Gasteiger partial charge in [-0.25, -0.2) is 0 Å². The molecular formula is C17H22N2O2. The first-order valence-electron chi connectivity index (χ1n) is 7.58. The van der Waals surface area contributed by atoms with Gasteiger partial charge in [0.2, 0.25) is 0 Å². The van der Waals surface area contributed by atoms with E-state index in [-0.39, 0.29) is 6.04 Å². The number of hydrogen-bond donors (Lipinski definition) is 2. The minimum absolute atomic E-state index is 0.0720. The molecule has 0 amide bonds. The molecule has 112 valence electrons. The molecule has 3 aliphatic rings. The van der Waals surface area contributed by atoms with E-state index in [4.69, 9.17) is 9.47 Å². The lowest BCUT2D eigenvalue weighted by Gasteiger charge is -2.26. The van der Waals surface area contributed by atoms with E-state index >= 15 is 0 Å². The van der Waals surface area contributed by atoms with Crippen LogP contribution in [0.25, 0.3) is 0 Å². The van der Waals surface area contributed by atoms with E-state index in [1.165, 1.54) is 11.1 Å². The summed E-state index contributed by atoms with van der Waals surface area (Å²) in [5, 5.41) is 7.01. The zero-order chi connectivity index (χ0) is 14.3. The first-order chi connectivity index (χ1) is 10.4. The molecule has 2 aliphatic heterocycles.